The summed E-state index contributed by atoms with van der Waals surface area (Å²) >= 11 is 0. The van der Waals surface area contributed by atoms with Crippen molar-refractivity contribution in [2.75, 3.05) is 39.4 Å². The third-order valence-corrected chi connectivity index (χ3v) is 4.29. The minimum Gasteiger partial charge on any atom is -0.379 e. The van der Waals surface area contributed by atoms with E-state index in [2.05, 4.69) is 28.4 Å². The van der Waals surface area contributed by atoms with Crippen molar-refractivity contribution in [1.29, 1.82) is 0 Å². The van der Waals surface area contributed by atoms with Crippen LogP contribution in [0.3, 0.4) is 0 Å². The Kier molecular flexibility index (Phi) is 5.99. The summed E-state index contributed by atoms with van der Waals surface area (Å²) in [6.07, 6.45) is 4.48. The molecule has 1 N–H and O–H groups in total. The normalized spacial score (nSPS) is 15.8. The Balaban J connectivity index is 1.46. The number of amides is 1. The predicted octanol–water partition coefficient (Wildman–Crippen LogP) is 2.69. The largest absolute Gasteiger partial charge is 0.379 e. The van der Waals surface area contributed by atoms with Gasteiger partial charge in [-0.25, -0.2) is 0 Å². The van der Waals surface area contributed by atoms with E-state index in [1.54, 1.807) is 6.08 Å². The van der Waals surface area contributed by atoms with Crippen LogP contribution in [0.5, 0.6) is 0 Å². The molecule has 0 aromatic heterocycles. The lowest BCUT2D eigenvalue weighted by Gasteiger charge is -2.26. The molecule has 0 atom stereocenters. The number of nitrogens with one attached hydrogen (secondary N) is 1. The number of carbonyl (C=O) groups is 1. The first-order valence-corrected chi connectivity index (χ1v) is 8.57. The summed E-state index contributed by atoms with van der Waals surface area (Å²) in [6.45, 7) is 5.34. The number of benzene rings is 2. The smallest absolute Gasteiger partial charge is 0.244 e. The molecule has 2 aromatic carbocycles. The molecule has 4 heteroatoms. The van der Waals surface area contributed by atoms with Crippen LogP contribution < -0.4 is 5.32 Å². The molecule has 1 aliphatic heterocycles. The number of fused-ring (bicyclic) bond motifs is 1. The molecule has 1 amide bonds. The Hall–Kier alpha value is -2.17. The summed E-state index contributed by atoms with van der Waals surface area (Å²) in [6, 6.07) is 14.3. The van der Waals surface area contributed by atoms with Crippen molar-refractivity contribution in [3.63, 3.8) is 0 Å². The summed E-state index contributed by atoms with van der Waals surface area (Å²) < 4.78 is 5.33. The molecule has 0 spiro atoms. The highest BCUT2D eigenvalue weighted by Crippen LogP contribution is 2.19. The summed E-state index contributed by atoms with van der Waals surface area (Å²) in [7, 11) is 0. The molecular formula is C20H24N2O2. The summed E-state index contributed by atoms with van der Waals surface area (Å²) in [5, 5.41) is 5.31. The van der Waals surface area contributed by atoms with E-state index < -0.39 is 0 Å². The van der Waals surface area contributed by atoms with E-state index >= 15 is 0 Å². The molecule has 3 rings (SSSR count). The highest BCUT2D eigenvalue weighted by Gasteiger charge is 2.09. The lowest BCUT2D eigenvalue weighted by Crippen LogP contribution is -2.38. The summed E-state index contributed by atoms with van der Waals surface area (Å²) in [4.78, 5) is 14.3. The molecular weight excluding hydrogens is 300 g/mol. The molecule has 0 radical (unpaired) electrons. The number of hydrogen-bond donors (Lipinski definition) is 1. The van der Waals surface area contributed by atoms with Gasteiger partial charge in [-0.2, -0.15) is 0 Å². The maximum Gasteiger partial charge on any atom is 0.244 e. The molecule has 0 aliphatic carbocycles. The third-order valence-electron chi connectivity index (χ3n) is 4.29. The monoisotopic (exact) mass is 324 g/mol. The maximum atomic E-state index is 12.0. The number of morpholine rings is 1. The van der Waals surface area contributed by atoms with Crippen LogP contribution >= 0.6 is 0 Å². The van der Waals surface area contributed by atoms with Gasteiger partial charge in [0.15, 0.2) is 0 Å². The Morgan fingerprint density at radius 3 is 2.79 bits per heavy atom. The first-order valence-electron chi connectivity index (χ1n) is 8.57. The van der Waals surface area contributed by atoms with Gasteiger partial charge in [0.05, 0.1) is 13.2 Å². The van der Waals surface area contributed by atoms with E-state index in [1.807, 2.05) is 30.3 Å². The molecule has 0 unspecified atom stereocenters. The molecule has 0 saturated carbocycles. The van der Waals surface area contributed by atoms with Gasteiger partial charge in [-0.15, -0.1) is 0 Å². The van der Waals surface area contributed by atoms with Crippen molar-refractivity contribution < 1.29 is 9.53 Å². The highest BCUT2D eigenvalue weighted by molar-refractivity contribution is 5.96. The van der Waals surface area contributed by atoms with E-state index in [-0.39, 0.29) is 5.91 Å². The average molecular weight is 324 g/mol. The van der Waals surface area contributed by atoms with Gasteiger partial charge in [0.1, 0.15) is 0 Å². The molecule has 4 nitrogen and oxygen atoms in total. The van der Waals surface area contributed by atoms with Crippen LogP contribution in [0.2, 0.25) is 0 Å². The van der Waals surface area contributed by atoms with Crippen LogP contribution in [-0.4, -0.2) is 50.2 Å². The second-order valence-electron chi connectivity index (χ2n) is 6.00. The zero-order valence-corrected chi connectivity index (χ0v) is 13.9. The van der Waals surface area contributed by atoms with Gasteiger partial charge in [-0.1, -0.05) is 42.5 Å². The topological polar surface area (TPSA) is 41.6 Å². The van der Waals surface area contributed by atoms with E-state index in [9.17, 15) is 4.79 Å². The van der Waals surface area contributed by atoms with E-state index in [4.69, 9.17) is 4.74 Å². The van der Waals surface area contributed by atoms with Crippen molar-refractivity contribution in [1.82, 2.24) is 10.2 Å². The fraction of sp³-hybridized carbons (Fsp3) is 0.350. The number of hydrogen-bond acceptors (Lipinski definition) is 3. The number of ether oxygens (including phenoxy) is 1. The molecule has 126 valence electrons. The SMILES string of the molecule is O=C(/C=C/c1cccc2ccccc12)NCCCN1CCOCC1. The third kappa shape index (κ3) is 4.66. The molecule has 1 saturated heterocycles. The van der Waals surface area contributed by atoms with Crippen LogP contribution in [0.4, 0.5) is 0 Å². The number of nitrogens with zero attached hydrogens (tertiary/aromatic N) is 1. The summed E-state index contributed by atoms with van der Waals surface area (Å²) in [5.41, 5.74) is 1.07. The van der Waals surface area contributed by atoms with E-state index in [0.29, 0.717) is 6.54 Å². The minimum absolute atomic E-state index is 0.0371. The molecule has 2 aromatic rings. The number of rotatable bonds is 6. The lowest BCUT2D eigenvalue weighted by molar-refractivity contribution is -0.116. The van der Waals surface area contributed by atoms with Gasteiger partial charge in [-0.05, 0) is 35.4 Å². The van der Waals surface area contributed by atoms with E-state index in [1.165, 1.54) is 5.39 Å². The van der Waals surface area contributed by atoms with Crippen molar-refractivity contribution in [3.8, 4) is 0 Å². The number of carbonyl (C=O) groups excluding carboxylic acids is 1. The van der Waals surface area contributed by atoms with E-state index in [0.717, 1.165) is 50.2 Å². The zero-order chi connectivity index (χ0) is 16.6. The molecule has 0 bridgehead atoms. The fourth-order valence-corrected chi connectivity index (χ4v) is 2.96. The van der Waals surface area contributed by atoms with Crippen LogP contribution in [-0.2, 0) is 9.53 Å². The van der Waals surface area contributed by atoms with Crippen molar-refractivity contribution >= 4 is 22.8 Å². The van der Waals surface area contributed by atoms with Gasteiger partial charge in [0.25, 0.3) is 0 Å². The van der Waals surface area contributed by atoms with Gasteiger partial charge >= 0.3 is 0 Å². The Morgan fingerprint density at radius 1 is 1.12 bits per heavy atom. The Bertz CT molecular complexity index is 700. The first kappa shape index (κ1) is 16.7. The average Bonchev–Trinajstić information content (AvgIpc) is 2.64. The second kappa shape index (κ2) is 8.62. The Labute approximate surface area is 143 Å². The van der Waals surface area contributed by atoms with Crippen LogP contribution in [0, 0.1) is 0 Å². The molecule has 1 aliphatic rings. The van der Waals surface area contributed by atoms with Gasteiger partial charge in [0, 0.05) is 25.7 Å². The van der Waals surface area contributed by atoms with Gasteiger partial charge < -0.3 is 10.1 Å². The van der Waals surface area contributed by atoms with Crippen LogP contribution in [0.1, 0.15) is 12.0 Å². The maximum absolute atomic E-state index is 12.0. The predicted molar refractivity (Wildman–Crippen MR) is 97.9 cm³/mol. The quantitative estimate of drug-likeness (QED) is 0.656. The fourth-order valence-electron chi connectivity index (χ4n) is 2.96. The molecule has 24 heavy (non-hydrogen) atoms. The zero-order valence-electron chi connectivity index (χ0n) is 13.9. The lowest BCUT2D eigenvalue weighted by atomic mass is 10.0. The van der Waals surface area contributed by atoms with Crippen molar-refractivity contribution in [3.05, 3.63) is 54.1 Å². The van der Waals surface area contributed by atoms with Gasteiger partial charge in [0.2, 0.25) is 5.91 Å². The first-order chi connectivity index (χ1) is 11.8. The standard InChI is InChI=1S/C20H24N2O2/c23-20(21-11-4-12-22-13-15-24-16-14-22)10-9-18-7-3-6-17-5-1-2-8-19(17)18/h1-3,5-10H,4,11-16H2,(H,21,23)/b10-9+. The van der Waals surface area contributed by atoms with Crippen molar-refractivity contribution in [2.24, 2.45) is 0 Å². The highest BCUT2D eigenvalue weighted by atomic mass is 16.5. The van der Waals surface area contributed by atoms with Crippen LogP contribution in [0.25, 0.3) is 16.8 Å². The van der Waals surface area contributed by atoms with Crippen molar-refractivity contribution in [2.45, 2.75) is 6.42 Å². The molecule has 1 heterocycles. The van der Waals surface area contributed by atoms with Gasteiger partial charge in [-0.3, -0.25) is 9.69 Å². The summed E-state index contributed by atoms with van der Waals surface area (Å²) in [5.74, 6) is -0.0371. The van der Waals surface area contributed by atoms with Crippen LogP contribution in [0.15, 0.2) is 48.5 Å². The minimum atomic E-state index is -0.0371. The second-order valence-corrected chi connectivity index (χ2v) is 6.00. The molecule has 1 fully saturated rings. The Morgan fingerprint density at radius 2 is 1.92 bits per heavy atom.